The summed E-state index contributed by atoms with van der Waals surface area (Å²) in [7, 11) is 1.17. The second-order valence-electron chi connectivity index (χ2n) is 20.9. The molecule has 12 N–H and O–H groups in total. The first-order chi connectivity index (χ1) is 42.6. The Hall–Kier alpha value is -9.49. The van der Waals surface area contributed by atoms with Crippen LogP contribution < -0.4 is 36.6 Å². The van der Waals surface area contributed by atoms with Crippen LogP contribution in [0.4, 0.5) is 5.69 Å². The number of halogens is 6. The molecule has 5 heterocycles. The molecule has 7 aromatic rings. The summed E-state index contributed by atoms with van der Waals surface area (Å²) in [6.45, 7) is 0. The number of nitrogens with zero attached hydrogens (tertiary/aromatic N) is 1. The van der Waals surface area contributed by atoms with Crippen LogP contribution in [-0.2, 0) is 44.8 Å². The molecule has 0 radical (unpaired) electrons. The first-order valence-corrected chi connectivity index (χ1v) is 28.9. The van der Waals surface area contributed by atoms with Crippen LogP contribution in [0.5, 0.6) is 40.2 Å². The number of nitrogens with one attached hydrogen (secondary N) is 6. The molecule has 0 unspecified atom stereocenters. The van der Waals surface area contributed by atoms with Gasteiger partial charge in [-0.25, -0.2) is 4.79 Å². The van der Waals surface area contributed by atoms with E-state index >= 15 is 19.2 Å². The van der Waals surface area contributed by atoms with E-state index in [1.165, 1.54) is 85.9 Å². The second kappa shape index (κ2) is 25.5. The molecule has 0 saturated carbocycles. The number of carboxylic acids is 1. The van der Waals surface area contributed by atoms with E-state index in [4.69, 9.17) is 74.3 Å². The van der Waals surface area contributed by atoms with Crippen molar-refractivity contribution >= 4 is 128 Å². The molecule has 0 aromatic heterocycles. The normalized spacial score (nSPS) is 19.5. The van der Waals surface area contributed by atoms with Crippen molar-refractivity contribution in [2.45, 2.75) is 55.0 Å². The first-order valence-electron chi connectivity index (χ1n) is 26.6. The number of rotatable bonds is 9. The monoisotopic (exact) mass is 1340 g/mol. The van der Waals surface area contributed by atoms with E-state index < -0.39 is 160 Å². The third-order valence-electron chi connectivity index (χ3n) is 15.2. The van der Waals surface area contributed by atoms with Crippen LogP contribution in [0.3, 0.4) is 0 Å². The van der Waals surface area contributed by atoms with Crippen molar-refractivity contribution in [3.8, 4) is 51.4 Å². The van der Waals surface area contributed by atoms with E-state index in [1.807, 2.05) is 0 Å². The number of benzene rings is 7. The van der Waals surface area contributed by atoms with Crippen LogP contribution in [0.2, 0.25) is 30.1 Å². The maximum atomic E-state index is 15.8. The van der Waals surface area contributed by atoms with Crippen LogP contribution in [0, 0.1) is 0 Å². The summed E-state index contributed by atoms with van der Waals surface area (Å²) in [5.41, 5.74) is -0.375. The van der Waals surface area contributed by atoms with Gasteiger partial charge in [0.25, 0.3) is 5.91 Å². The van der Waals surface area contributed by atoms with Crippen molar-refractivity contribution in [3.63, 3.8) is 0 Å². The molecule has 0 saturated heterocycles. The number of phenols is 5. The van der Waals surface area contributed by atoms with Crippen molar-refractivity contribution in [3.05, 3.63) is 184 Å². The van der Waals surface area contributed by atoms with Crippen molar-refractivity contribution in [2.75, 3.05) is 12.4 Å². The molecular weight excluding hydrogens is 1300 g/mol. The van der Waals surface area contributed by atoms with Gasteiger partial charge < -0.3 is 72.2 Å². The summed E-state index contributed by atoms with van der Waals surface area (Å²) in [6.07, 6.45) is -0.973. The molecular formula is C61H45Cl6N7O16. The number of carbonyl (C=O) groups excluding carboxylic acids is 8. The minimum Gasteiger partial charge on any atom is -0.508 e. The van der Waals surface area contributed by atoms with E-state index in [0.29, 0.717) is 5.56 Å². The summed E-state index contributed by atoms with van der Waals surface area (Å²) in [5, 5.41) is 76.8. The standard InChI is InChI=1S/C61H45Cl6N7O16/c1-74-43(56(83)73-48(61(88)89)24-4-7-30(75)8-5-24)12-23-2-9-31(10-3-23)90-44-21-26-13-33(50(44)77)25-6-11-32-34(54(81)68-41(32)20-25)22-42(69-59(86)49(76)29-18-39(66)53(80)40(67)19-29)55(82)70-46(27-14-35(62)51(78)36(63)15-27)57(84)71-45(26)58(85)72-47(60(74)87)28-16-37(64)52(79)38(65)17-28/h2-11,13-21,34,42-43,45-48,75,77-80H,12,22H2,1H3,(H,68,81)(H,69,86)(H,70,82)(H,71,84)(H,72,85)(H,73,83)(H,88,89)/t34-,42+,43-,45+,46+,47+,48+/m0/s1. The van der Waals surface area contributed by atoms with Crippen molar-refractivity contribution in [1.29, 1.82) is 0 Å². The summed E-state index contributed by atoms with van der Waals surface area (Å²) in [5.74, 6) is -15.3. The van der Waals surface area contributed by atoms with Gasteiger partial charge in [0.05, 0.1) is 36.1 Å². The van der Waals surface area contributed by atoms with Gasteiger partial charge in [-0.15, -0.1) is 0 Å². The number of ether oxygens (including phenoxy) is 1. The van der Waals surface area contributed by atoms with E-state index in [9.17, 15) is 54.6 Å². The van der Waals surface area contributed by atoms with Crippen LogP contribution in [0.25, 0.3) is 11.1 Å². The molecule has 9 bridgehead atoms. The number of likely N-dealkylation sites (N-methyl/N-ethyl adjacent to an activating group) is 1. The molecule has 7 amide bonds. The van der Waals surface area contributed by atoms with E-state index in [2.05, 4.69) is 31.9 Å². The Morgan fingerprint density at radius 3 is 1.69 bits per heavy atom. The number of hydrogen-bond acceptors (Lipinski definition) is 15. The summed E-state index contributed by atoms with van der Waals surface area (Å²) >= 11 is 38.0. The number of aliphatic carboxylic acids is 1. The highest BCUT2D eigenvalue weighted by Crippen LogP contribution is 2.46. The number of Topliss-reactive ketones (excluding diaryl/α,β-unsaturated/α-hetero) is 1. The fraction of sp³-hybridized carbons (Fsp3) is 0.164. The highest BCUT2D eigenvalue weighted by atomic mass is 35.5. The maximum Gasteiger partial charge on any atom is 0.330 e. The van der Waals surface area contributed by atoms with Gasteiger partial charge in [0.2, 0.25) is 41.2 Å². The number of phenolic OH excluding ortho intramolecular Hbond substituents is 5. The lowest BCUT2D eigenvalue weighted by Gasteiger charge is -2.33. The SMILES string of the molecule is CN1C(=O)[C@@H](c2cc(Cl)c(O)c(Cl)c2)NC(=O)[C@@H]2NC(=O)[C@@H](c3cc(Cl)c(O)c(Cl)c3)NC(=O)[C@H](NC(=O)C(=O)c3cc(Cl)c(O)c(Cl)c3)C[C@@H]3C(=O)Nc4cc(ccc43)-c3cc2cc(c3O)Oc2ccc(cc2)C[C@H]1C(=O)N[C@@H](C(=O)O)c1ccc(O)cc1. The molecule has 5 aliphatic heterocycles. The zero-order valence-electron chi connectivity index (χ0n) is 45.9. The lowest BCUT2D eigenvalue weighted by molar-refractivity contribution is -0.145. The van der Waals surface area contributed by atoms with Crippen molar-refractivity contribution in [2.24, 2.45) is 0 Å². The Balaban J connectivity index is 1.15. The smallest absolute Gasteiger partial charge is 0.330 e. The average Bonchev–Trinajstić information content (AvgIpc) is 1.43. The fourth-order valence-corrected chi connectivity index (χ4v) is 11.9. The molecule has 23 nitrogen and oxygen atoms in total. The van der Waals surface area contributed by atoms with E-state index in [1.54, 1.807) is 0 Å². The van der Waals surface area contributed by atoms with Crippen LogP contribution >= 0.6 is 69.6 Å². The number of aromatic hydroxyl groups is 5. The fourth-order valence-electron chi connectivity index (χ4n) is 10.4. The Morgan fingerprint density at radius 2 is 1.12 bits per heavy atom. The van der Waals surface area contributed by atoms with Gasteiger partial charge in [0, 0.05) is 30.3 Å². The Kier molecular flexibility index (Phi) is 18.0. The van der Waals surface area contributed by atoms with Crippen LogP contribution in [-0.4, -0.2) is 108 Å². The molecule has 12 rings (SSSR count). The van der Waals surface area contributed by atoms with Crippen LogP contribution in [0.1, 0.15) is 80.2 Å². The van der Waals surface area contributed by atoms with Gasteiger partial charge >= 0.3 is 5.97 Å². The van der Waals surface area contributed by atoms with Gasteiger partial charge in [0.15, 0.2) is 34.8 Å². The number of ketones is 1. The van der Waals surface area contributed by atoms with Crippen molar-refractivity contribution in [1.82, 2.24) is 31.5 Å². The Bertz CT molecular complexity index is 4140. The number of hydrogen-bond donors (Lipinski definition) is 12. The summed E-state index contributed by atoms with van der Waals surface area (Å²) < 4.78 is 6.34. The van der Waals surface area contributed by atoms with Gasteiger partial charge in [-0.3, -0.25) is 38.4 Å². The summed E-state index contributed by atoms with van der Waals surface area (Å²) in [4.78, 5) is 132. The minimum atomic E-state index is -2.12. The Labute approximate surface area is 538 Å². The molecule has 7 aromatic carbocycles. The number of carboxylic acid groups (broad SMARTS) is 1. The lowest BCUT2D eigenvalue weighted by atomic mass is 9.90. The summed E-state index contributed by atoms with van der Waals surface area (Å²) in [6, 6.07) is 12.1. The van der Waals surface area contributed by atoms with Crippen LogP contribution in [0.15, 0.2) is 115 Å². The highest BCUT2D eigenvalue weighted by molar-refractivity contribution is 6.45. The molecule has 29 heteroatoms. The van der Waals surface area contributed by atoms with E-state index in [-0.39, 0.29) is 68.3 Å². The third kappa shape index (κ3) is 12.9. The zero-order chi connectivity index (χ0) is 64.9. The molecule has 0 aliphatic carbocycles. The molecule has 462 valence electrons. The Morgan fingerprint density at radius 1 is 0.600 bits per heavy atom. The second-order valence-corrected chi connectivity index (χ2v) is 23.4. The van der Waals surface area contributed by atoms with E-state index in [0.717, 1.165) is 41.3 Å². The van der Waals surface area contributed by atoms with Gasteiger partial charge in [0.1, 0.15) is 41.7 Å². The first kappa shape index (κ1) is 63.5. The predicted molar refractivity (Wildman–Crippen MR) is 326 cm³/mol. The number of anilines is 1. The average molecular weight is 1340 g/mol. The highest BCUT2D eigenvalue weighted by Gasteiger charge is 2.42. The molecule has 90 heavy (non-hydrogen) atoms. The topological polar surface area (TPSA) is 360 Å². The lowest BCUT2D eigenvalue weighted by Crippen LogP contribution is -2.54. The molecule has 7 atom stereocenters. The van der Waals surface area contributed by atoms with Crippen molar-refractivity contribution < 1.29 is 78.5 Å². The number of carbonyl (C=O) groups is 9. The molecule has 5 aliphatic rings. The quantitative estimate of drug-likeness (QED) is 0.0475. The number of amides is 7. The van der Waals surface area contributed by atoms with Gasteiger partial charge in [-0.2, -0.15) is 0 Å². The predicted octanol–water partition coefficient (Wildman–Crippen LogP) is 8.60. The maximum absolute atomic E-state index is 15.8. The van der Waals surface area contributed by atoms with Gasteiger partial charge in [-0.1, -0.05) is 106 Å². The number of fused-ring (bicyclic) bond motifs is 15. The zero-order valence-corrected chi connectivity index (χ0v) is 50.4. The minimum absolute atomic E-state index is 0.0269. The largest absolute Gasteiger partial charge is 0.508 e. The van der Waals surface area contributed by atoms with Gasteiger partial charge in [-0.05, 0) is 124 Å². The molecule has 0 fully saturated rings. The molecule has 0 spiro atoms. The third-order valence-corrected chi connectivity index (χ3v) is 16.9.